The molecule has 0 spiro atoms. The molecule has 0 N–H and O–H groups in total. The highest BCUT2D eigenvalue weighted by atomic mass is 16.3. The minimum atomic E-state index is 0.523. The van der Waals surface area contributed by atoms with Crippen molar-refractivity contribution in [2.75, 3.05) is 0 Å². The Morgan fingerprint density at radius 2 is 2.36 bits per heavy atom. The normalized spacial score (nSPS) is 13.3. The molecular weight excluding hydrogens is 138 g/mol. The highest BCUT2D eigenvalue weighted by molar-refractivity contribution is 4.90. The first-order chi connectivity index (χ1) is 5.38. The van der Waals surface area contributed by atoms with Gasteiger partial charge in [-0.05, 0) is 12.8 Å². The van der Waals surface area contributed by atoms with E-state index in [1.54, 1.807) is 12.5 Å². The molecule has 11 heavy (non-hydrogen) atoms. The van der Waals surface area contributed by atoms with Crippen LogP contribution in [-0.4, -0.2) is 4.98 Å². The van der Waals surface area contributed by atoms with E-state index in [9.17, 15) is 0 Å². The van der Waals surface area contributed by atoms with Crippen molar-refractivity contribution in [3.63, 3.8) is 0 Å². The Labute approximate surface area is 67.6 Å². The van der Waals surface area contributed by atoms with Gasteiger partial charge in [-0.25, -0.2) is 4.98 Å². The van der Waals surface area contributed by atoms with Crippen molar-refractivity contribution >= 4 is 0 Å². The summed E-state index contributed by atoms with van der Waals surface area (Å²) in [5, 5.41) is 0. The number of oxazole rings is 1. The lowest BCUT2D eigenvalue weighted by molar-refractivity contribution is 0.421. The fraction of sp³-hybridized carbons (Fsp3) is 0.667. The van der Waals surface area contributed by atoms with Gasteiger partial charge in [0.1, 0.15) is 6.26 Å². The molecular formula is C9H15NO. The Hall–Kier alpha value is -0.790. The highest BCUT2D eigenvalue weighted by Crippen LogP contribution is 2.22. The fourth-order valence-corrected chi connectivity index (χ4v) is 1.29. The van der Waals surface area contributed by atoms with Gasteiger partial charge in [-0.15, -0.1) is 0 Å². The topological polar surface area (TPSA) is 26.0 Å². The van der Waals surface area contributed by atoms with Crippen LogP contribution in [0, 0.1) is 0 Å². The van der Waals surface area contributed by atoms with E-state index in [0.717, 1.165) is 12.3 Å². The summed E-state index contributed by atoms with van der Waals surface area (Å²) in [6.45, 7) is 4.36. The van der Waals surface area contributed by atoms with Crippen LogP contribution in [-0.2, 0) is 0 Å². The molecule has 62 valence electrons. The van der Waals surface area contributed by atoms with Gasteiger partial charge >= 0.3 is 0 Å². The monoisotopic (exact) mass is 153 g/mol. The highest BCUT2D eigenvalue weighted by Gasteiger charge is 2.11. The minimum Gasteiger partial charge on any atom is -0.449 e. The second-order valence-corrected chi connectivity index (χ2v) is 2.76. The summed E-state index contributed by atoms with van der Waals surface area (Å²) in [5.74, 6) is 1.42. The van der Waals surface area contributed by atoms with Crippen LogP contribution in [0.15, 0.2) is 16.9 Å². The van der Waals surface area contributed by atoms with Crippen molar-refractivity contribution in [1.82, 2.24) is 4.98 Å². The van der Waals surface area contributed by atoms with Gasteiger partial charge in [0.15, 0.2) is 5.89 Å². The molecule has 1 heterocycles. The van der Waals surface area contributed by atoms with Crippen molar-refractivity contribution in [1.29, 1.82) is 0 Å². The maximum Gasteiger partial charge on any atom is 0.197 e. The van der Waals surface area contributed by atoms with Crippen molar-refractivity contribution in [2.24, 2.45) is 0 Å². The van der Waals surface area contributed by atoms with Crippen LogP contribution in [0.1, 0.15) is 44.9 Å². The van der Waals surface area contributed by atoms with E-state index in [1.807, 2.05) is 0 Å². The zero-order valence-electron chi connectivity index (χ0n) is 7.21. The maximum atomic E-state index is 5.23. The summed E-state index contributed by atoms with van der Waals surface area (Å²) in [6.07, 6.45) is 6.85. The summed E-state index contributed by atoms with van der Waals surface area (Å²) in [4.78, 5) is 4.14. The molecule has 1 unspecified atom stereocenters. The van der Waals surface area contributed by atoms with Crippen LogP contribution in [0.25, 0.3) is 0 Å². The van der Waals surface area contributed by atoms with Crippen LogP contribution in [0.5, 0.6) is 0 Å². The SMILES string of the molecule is CCCC(CC)c1ncco1. The van der Waals surface area contributed by atoms with Crippen LogP contribution < -0.4 is 0 Å². The number of aromatic nitrogens is 1. The third kappa shape index (κ3) is 2.07. The zero-order chi connectivity index (χ0) is 8.10. The molecule has 1 aromatic heterocycles. The molecule has 0 aliphatic heterocycles. The van der Waals surface area contributed by atoms with Gasteiger partial charge in [0, 0.05) is 5.92 Å². The molecule has 0 fully saturated rings. The molecule has 0 aliphatic carbocycles. The molecule has 0 amide bonds. The molecule has 2 nitrogen and oxygen atoms in total. The predicted octanol–water partition coefficient (Wildman–Crippen LogP) is 2.97. The molecule has 2 heteroatoms. The van der Waals surface area contributed by atoms with Gasteiger partial charge in [-0.3, -0.25) is 0 Å². The molecule has 0 bridgehead atoms. The first-order valence-corrected chi connectivity index (χ1v) is 4.27. The summed E-state index contributed by atoms with van der Waals surface area (Å²) < 4.78 is 5.23. The molecule has 0 aromatic carbocycles. The van der Waals surface area contributed by atoms with E-state index < -0.39 is 0 Å². The van der Waals surface area contributed by atoms with Crippen molar-refractivity contribution in [2.45, 2.75) is 39.0 Å². The predicted molar refractivity (Wildman–Crippen MR) is 44.4 cm³/mol. The Morgan fingerprint density at radius 1 is 1.55 bits per heavy atom. The number of rotatable bonds is 4. The summed E-state index contributed by atoms with van der Waals surface area (Å²) in [5.41, 5.74) is 0. The number of hydrogen-bond acceptors (Lipinski definition) is 2. The average molecular weight is 153 g/mol. The lowest BCUT2D eigenvalue weighted by atomic mass is 10.0. The Balaban J connectivity index is 2.56. The lowest BCUT2D eigenvalue weighted by Crippen LogP contribution is -1.96. The van der Waals surface area contributed by atoms with Gasteiger partial charge in [-0.1, -0.05) is 20.3 Å². The van der Waals surface area contributed by atoms with Gasteiger partial charge in [0.25, 0.3) is 0 Å². The van der Waals surface area contributed by atoms with Crippen LogP contribution in [0.4, 0.5) is 0 Å². The lowest BCUT2D eigenvalue weighted by Gasteiger charge is -2.07. The van der Waals surface area contributed by atoms with Gasteiger partial charge < -0.3 is 4.42 Å². The van der Waals surface area contributed by atoms with Crippen LogP contribution in [0.2, 0.25) is 0 Å². The third-order valence-electron chi connectivity index (χ3n) is 1.93. The van der Waals surface area contributed by atoms with Crippen molar-refractivity contribution in [3.05, 3.63) is 18.4 Å². The summed E-state index contributed by atoms with van der Waals surface area (Å²) in [6, 6.07) is 0. The van der Waals surface area contributed by atoms with E-state index >= 15 is 0 Å². The minimum absolute atomic E-state index is 0.523. The molecule has 0 saturated carbocycles. The van der Waals surface area contributed by atoms with Crippen molar-refractivity contribution in [3.8, 4) is 0 Å². The Bertz CT molecular complexity index is 181. The second-order valence-electron chi connectivity index (χ2n) is 2.76. The molecule has 0 radical (unpaired) electrons. The van der Waals surface area contributed by atoms with Crippen LogP contribution >= 0.6 is 0 Å². The van der Waals surface area contributed by atoms with Gasteiger partial charge in [0.2, 0.25) is 0 Å². The van der Waals surface area contributed by atoms with Crippen LogP contribution in [0.3, 0.4) is 0 Å². The summed E-state index contributed by atoms with van der Waals surface area (Å²) in [7, 11) is 0. The molecule has 0 aliphatic rings. The number of nitrogens with zero attached hydrogens (tertiary/aromatic N) is 1. The van der Waals surface area contributed by atoms with E-state index in [2.05, 4.69) is 18.8 Å². The number of hydrogen-bond donors (Lipinski definition) is 0. The van der Waals surface area contributed by atoms with E-state index in [1.165, 1.54) is 12.8 Å². The standard InChI is InChI=1S/C9H15NO/c1-3-5-8(4-2)9-10-6-7-11-9/h6-8H,3-5H2,1-2H3. The molecule has 1 aromatic rings. The quantitative estimate of drug-likeness (QED) is 0.664. The largest absolute Gasteiger partial charge is 0.449 e. The Morgan fingerprint density at radius 3 is 2.82 bits per heavy atom. The zero-order valence-corrected chi connectivity index (χ0v) is 7.21. The van der Waals surface area contributed by atoms with Crippen molar-refractivity contribution < 1.29 is 4.42 Å². The third-order valence-corrected chi connectivity index (χ3v) is 1.93. The first kappa shape index (κ1) is 8.31. The maximum absolute atomic E-state index is 5.23. The molecule has 1 rings (SSSR count). The van der Waals surface area contributed by atoms with Gasteiger partial charge in [-0.2, -0.15) is 0 Å². The van der Waals surface area contributed by atoms with E-state index in [0.29, 0.717) is 5.92 Å². The molecule has 0 saturated heterocycles. The smallest absolute Gasteiger partial charge is 0.197 e. The first-order valence-electron chi connectivity index (χ1n) is 4.27. The Kier molecular flexibility index (Phi) is 3.14. The second kappa shape index (κ2) is 4.16. The van der Waals surface area contributed by atoms with E-state index in [-0.39, 0.29) is 0 Å². The van der Waals surface area contributed by atoms with Gasteiger partial charge in [0.05, 0.1) is 6.20 Å². The average Bonchev–Trinajstić information content (AvgIpc) is 2.52. The summed E-state index contributed by atoms with van der Waals surface area (Å²) >= 11 is 0. The molecule has 1 atom stereocenters. The van der Waals surface area contributed by atoms with E-state index in [4.69, 9.17) is 4.42 Å². The fourth-order valence-electron chi connectivity index (χ4n) is 1.29.